The zero-order chi connectivity index (χ0) is 20.8. The van der Waals surface area contributed by atoms with Crippen LogP contribution in [0.25, 0.3) is 0 Å². The molecule has 2 atom stereocenters. The van der Waals surface area contributed by atoms with Gasteiger partial charge in [-0.1, -0.05) is 0 Å². The number of methoxy groups -OCH3 is 2. The van der Waals surface area contributed by atoms with Gasteiger partial charge in [-0.2, -0.15) is 0 Å². The molecule has 0 amide bonds. The van der Waals surface area contributed by atoms with E-state index in [9.17, 15) is 0 Å². The molecule has 2 rings (SSSR count). The van der Waals surface area contributed by atoms with Crippen molar-refractivity contribution in [1.82, 2.24) is 0 Å². The van der Waals surface area contributed by atoms with Crippen molar-refractivity contribution < 1.29 is 9.47 Å². The SMILES string of the molecule is COc1ccc([Se][Se]c2ccc(OC)cc2C(N)C(C)C)c(C(N)C(C)C)c1. The summed E-state index contributed by atoms with van der Waals surface area (Å²) in [5.74, 6) is 2.48. The van der Waals surface area contributed by atoms with Gasteiger partial charge in [0.1, 0.15) is 0 Å². The van der Waals surface area contributed by atoms with E-state index in [1.165, 1.54) is 20.1 Å². The Morgan fingerprint density at radius 2 is 1.04 bits per heavy atom. The van der Waals surface area contributed by atoms with E-state index in [2.05, 4.69) is 52.0 Å². The average molecular weight is 514 g/mol. The third-order valence-corrected chi connectivity index (χ3v) is 12.1. The Morgan fingerprint density at radius 3 is 1.32 bits per heavy atom. The zero-order valence-corrected chi connectivity index (χ0v) is 21.0. The molecule has 0 aliphatic carbocycles. The van der Waals surface area contributed by atoms with Crippen LogP contribution in [0.4, 0.5) is 0 Å². The number of hydrogen-bond donors (Lipinski definition) is 2. The van der Waals surface area contributed by atoms with Crippen molar-refractivity contribution >= 4 is 35.2 Å². The van der Waals surface area contributed by atoms with Crippen molar-refractivity contribution in [1.29, 1.82) is 0 Å². The number of ether oxygens (including phenoxy) is 2. The van der Waals surface area contributed by atoms with Crippen LogP contribution in [0.1, 0.15) is 50.9 Å². The Morgan fingerprint density at radius 1 is 0.679 bits per heavy atom. The molecule has 0 saturated heterocycles. The molecule has 0 heterocycles. The second-order valence-electron chi connectivity index (χ2n) is 7.51. The minimum atomic E-state index is 0.0102. The first-order chi connectivity index (χ1) is 13.3. The molecule has 0 fully saturated rings. The summed E-state index contributed by atoms with van der Waals surface area (Å²) < 4.78 is 13.6. The zero-order valence-electron chi connectivity index (χ0n) is 17.6. The summed E-state index contributed by atoms with van der Waals surface area (Å²) in [5, 5.41) is 0. The molecule has 4 N–H and O–H groups in total. The van der Waals surface area contributed by atoms with Crippen LogP contribution in [0.5, 0.6) is 11.5 Å². The van der Waals surface area contributed by atoms with E-state index >= 15 is 0 Å². The van der Waals surface area contributed by atoms with Gasteiger partial charge in [0.15, 0.2) is 0 Å². The Balaban J connectivity index is 2.33. The van der Waals surface area contributed by atoms with Gasteiger partial charge in [0.2, 0.25) is 0 Å². The quantitative estimate of drug-likeness (QED) is 0.504. The van der Waals surface area contributed by atoms with E-state index in [4.69, 9.17) is 20.9 Å². The summed E-state index contributed by atoms with van der Waals surface area (Å²) in [4.78, 5) is 0. The molecule has 6 heteroatoms. The van der Waals surface area contributed by atoms with E-state index < -0.39 is 0 Å². The van der Waals surface area contributed by atoms with Crippen LogP contribution in [-0.4, -0.2) is 40.5 Å². The van der Waals surface area contributed by atoms with E-state index in [-0.39, 0.29) is 12.1 Å². The van der Waals surface area contributed by atoms with Gasteiger partial charge in [0.05, 0.1) is 0 Å². The van der Waals surface area contributed by atoms with Crippen molar-refractivity contribution in [2.24, 2.45) is 23.3 Å². The fraction of sp³-hybridized carbons (Fsp3) is 0.455. The fourth-order valence-electron chi connectivity index (χ4n) is 2.79. The molecular formula is C22H32N2O2Se2. The van der Waals surface area contributed by atoms with Crippen molar-refractivity contribution in [2.75, 3.05) is 14.2 Å². The van der Waals surface area contributed by atoms with Gasteiger partial charge < -0.3 is 0 Å². The molecule has 0 radical (unpaired) electrons. The van der Waals surface area contributed by atoms with Gasteiger partial charge in [0.25, 0.3) is 0 Å². The van der Waals surface area contributed by atoms with Crippen LogP contribution >= 0.6 is 0 Å². The Labute approximate surface area is 180 Å². The summed E-state index contributed by atoms with van der Waals surface area (Å²) in [6, 6.07) is 12.7. The van der Waals surface area contributed by atoms with E-state index in [0.29, 0.717) is 38.1 Å². The molecule has 2 aromatic rings. The second kappa shape index (κ2) is 10.7. The first-order valence-electron chi connectivity index (χ1n) is 9.50. The van der Waals surface area contributed by atoms with Crippen LogP contribution in [0.2, 0.25) is 0 Å². The molecule has 2 aromatic carbocycles. The third-order valence-electron chi connectivity index (χ3n) is 4.81. The molecule has 154 valence electrons. The topological polar surface area (TPSA) is 70.5 Å². The number of hydrogen-bond acceptors (Lipinski definition) is 4. The van der Waals surface area contributed by atoms with Crippen molar-refractivity contribution in [3.63, 3.8) is 0 Å². The third kappa shape index (κ3) is 5.76. The van der Waals surface area contributed by atoms with E-state index in [1.807, 2.05) is 12.1 Å². The molecule has 0 saturated carbocycles. The number of rotatable bonds is 9. The maximum atomic E-state index is 6.51. The molecular weight excluding hydrogens is 482 g/mol. The molecule has 28 heavy (non-hydrogen) atoms. The van der Waals surface area contributed by atoms with Crippen LogP contribution in [0.15, 0.2) is 36.4 Å². The maximum absolute atomic E-state index is 6.51. The van der Waals surface area contributed by atoms with Crippen molar-refractivity contribution in [3.05, 3.63) is 47.5 Å². The van der Waals surface area contributed by atoms with Gasteiger partial charge in [0, 0.05) is 0 Å². The first kappa shape index (κ1) is 23.3. The molecule has 2 unspecified atom stereocenters. The van der Waals surface area contributed by atoms with Crippen LogP contribution in [-0.2, 0) is 0 Å². The summed E-state index contributed by atoms with van der Waals surface area (Å²) in [6.45, 7) is 8.65. The monoisotopic (exact) mass is 516 g/mol. The fourth-order valence-corrected chi connectivity index (χ4v) is 10.2. The average Bonchev–Trinajstić information content (AvgIpc) is 2.70. The predicted octanol–water partition coefficient (Wildman–Crippen LogP) is 2.29. The van der Waals surface area contributed by atoms with Crippen LogP contribution in [0, 0.1) is 11.8 Å². The Bertz CT molecular complexity index is 716. The van der Waals surface area contributed by atoms with Crippen LogP contribution < -0.4 is 29.9 Å². The molecule has 0 aliphatic heterocycles. The van der Waals surface area contributed by atoms with E-state index in [0.717, 1.165) is 11.5 Å². The van der Waals surface area contributed by atoms with Gasteiger partial charge in [-0.05, 0) is 0 Å². The Kier molecular flexibility index (Phi) is 8.88. The molecule has 0 aromatic heterocycles. The van der Waals surface area contributed by atoms with Crippen molar-refractivity contribution in [3.8, 4) is 11.5 Å². The number of nitrogens with two attached hydrogens (primary N) is 2. The molecule has 0 aliphatic rings. The summed E-state index contributed by atoms with van der Waals surface area (Å²) in [6.07, 6.45) is 0. The molecule has 0 spiro atoms. The second-order valence-corrected chi connectivity index (χ2v) is 13.7. The summed E-state index contributed by atoms with van der Waals surface area (Å²) in [5.41, 5.74) is 15.4. The van der Waals surface area contributed by atoms with Crippen molar-refractivity contribution in [2.45, 2.75) is 39.8 Å². The van der Waals surface area contributed by atoms with Gasteiger partial charge in [-0.15, -0.1) is 0 Å². The first-order valence-corrected chi connectivity index (χ1v) is 15.5. The predicted molar refractivity (Wildman–Crippen MR) is 120 cm³/mol. The summed E-state index contributed by atoms with van der Waals surface area (Å²) in [7, 11) is 3.40. The van der Waals surface area contributed by atoms with E-state index in [1.54, 1.807) is 14.2 Å². The minimum absolute atomic E-state index is 0.0102. The number of benzene rings is 2. The Hall–Kier alpha value is -1.00. The standard InChI is InChI=1S/C22H32N2O2Se2/c1-13(2)21(23)17-11-15(25-5)7-9-19(17)27-28-20-10-8-16(26-6)12-18(20)22(24)14(3)4/h7-14,21-22H,23-24H2,1-6H3. The van der Waals surface area contributed by atoms with Gasteiger partial charge >= 0.3 is 181 Å². The normalized spacial score (nSPS) is 13.6. The van der Waals surface area contributed by atoms with Gasteiger partial charge in [-0.25, -0.2) is 0 Å². The molecule has 4 nitrogen and oxygen atoms in total. The summed E-state index contributed by atoms with van der Waals surface area (Å²) >= 11 is 0.613. The van der Waals surface area contributed by atoms with Gasteiger partial charge in [-0.3, -0.25) is 0 Å². The van der Waals surface area contributed by atoms with Crippen LogP contribution in [0.3, 0.4) is 0 Å². The molecule has 0 bridgehead atoms.